The summed E-state index contributed by atoms with van der Waals surface area (Å²) in [5, 5.41) is 2.90. The van der Waals surface area contributed by atoms with Crippen LogP contribution in [0.1, 0.15) is 36.0 Å². The van der Waals surface area contributed by atoms with E-state index in [1.807, 2.05) is 17.0 Å². The third-order valence-corrected chi connectivity index (χ3v) is 5.55. The van der Waals surface area contributed by atoms with Crippen molar-refractivity contribution in [1.29, 1.82) is 0 Å². The highest BCUT2D eigenvalue weighted by Crippen LogP contribution is 2.37. The standard InChI is InChI=1S/C18H23N3O2/c19-16-8-5-13-9-21(10-15(13)16)18(23)12-3-6-14(7-4-12)20-17(22)11-1-2-11/h3-4,6-7,11,13,15-16H,1-2,5,8-10,19H2,(H,20,22). The van der Waals surface area contributed by atoms with Gasteiger partial charge in [0.05, 0.1) is 0 Å². The lowest BCUT2D eigenvalue weighted by Crippen LogP contribution is -2.33. The van der Waals surface area contributed by atoms with Gasteiger partial charge in [0.1, 0.15) is 0 Å². The number of amides is 2. The first-order chi connectivity index (χ1) is 11.1. The highest BCUT2D eigenvalue weighted by Gasteiger charge is 2.42. The molecule has 3 fully saturated rings. The normalized spacial score (nSPS) is 29.4. The van der Waals surface area contributed by atoms with Crippen LogP contribution in [-0.2, 0) is 4.79 Å². The van der Waals surface area contributed by atoms with Crippen LogP contribution in [0.2, 0.25) is 0 Å². The molecule has 4 rings (SSSR count). The van der Waals surface area contributed by atoms with Crippen molar-refractivity contribution >= 4 is 17.5 Å². The van der Waals surface area contributed by atoms with E-state index < -0.39 is 0 Å². The van der Waals surface area contributed by atoms with Gasteiger partial charge in [0.15, 0.2) is 0 Å². The van der Waals surface area contributed by atoms with Crippen LogP contribution in [-0.4, -0.2) is 35.8 Å². The largest absolute Gasteiger partial charge is 0.338 e. The Morgan fingerprint density at radius 2 is 1.78 bits per heavy atom. The fourth-order valence-electron chi connectivity index (χ4n) is 3.94. The molecule has 2 aliphatic carbocycles. The zero-order chi connectivity index (χ0) is 16.0. The fourth-order valence-corrected chi connectivity index (χ4v) is 3.94. The van der Waals surface area contributed by atoms with E-state index in [4.69, 9.17) is 5.73 Å². The molecule has 122 valence electrons. The summed E-state index contributed by atoms with van der Waals surface area (Å²) in [5.74, 6) is 1.39. The molecule has 3 aliphatic rings. The first kappa shape index (κ1) is 14.7. The summed E-state index contributed by atoms with van der Waals surface area (Å²) in [6.45, 7) is 1.61. The van der Waals surface area contributed by atoms with Crippen LogP contribution in [0.15, 0.2) is 24.3 Å². The molecule has 3 N–H and O–H groups in total. The number of anilines is 1. The van der Waals surface area contributed by atoms with Gasteiger partial charge in [-0.15, -0.1) is 0 Å². The molecule has 23 heavy (non-hydrogen) atoms. The average molecular weight is 313 g/mol. The maximum Gasteiger partial charge on any atom is 0.253 e. The summed E-state index contributed by atoms with van der Waals surface area (Å²) in [4.78, 5) is 26.3. The van der Waals surface area contributed by atoms with E-state index in [9.17, 15) is 9.59 Å². The molecule has 1 aromatic carbocycles. The van der Waals surface area contributed by atoms with Crippen LogP contribution in [0.25, 0.3) is 0 Å². The summed E-state index contributed by atoms with van der Waals surface area (Å²) in [6.07, 6.45) is 4.21. The molecule has 2 amide bonds. The zero-order valence-electron chi connectivity index (χ0n) is 13.2. The SMILES string of the molecule is NC1CCC2CN(C(=O)c3ccc(NC(=O)C4CC4)cc3)CC12. The Balaban J connectivity index is 1.39. The highest BCUT2D eigenvalue weighted by molar-refractivity contribution is 5.97. The number of carbonyl (C=O) groups excluding carboxylic acids is 2. The van der Waals surface area contributed by atoms with Crippen molar-refractivity contribution in [2.75, 3.05) is 18.4 Å². The van der Waals surface area contributed by atoms with Crippen molar-refractivity contribution in [2.45, 2.75) is 31.7 Å². The Hall–Kier alpha value is -1.88. The summed E-state index contributed by atoms with van der Waals surface area (Å²) >= 11 is 0. The second-order valence-electron chi connectivity index (χ2n) is 7.22. The predicted molar refractivity (Wildman–Crippen MR) is 87.9 cm³/mol. The van der Waals surface area contributed by atoms with E-state index >= 15 is 0 Å². The Bertz CT molecular complexity index is 624. The lowest BCUT2D eigenvalue weighted by Gasteiger charge is -2.19. The highest BCUT2D eigenvalue weighted by atomic mass is 16.2. The molecule has 2 saturated carbocycles. The monoisotopic (exact) mass is 313 g/mol. The number of benzene rings is 1. The van der Waals surface area contributed by atoms with Crippen LogP contribution in [0, 0.1) is 17.8 Å². The van der Waals surface area contributed by atoms with Crippen molar-refractivity contribution in [1.82, 2.24) is 4.90 Å². The molecule has 5 nitrogen and oxygen atoms in total. The van der Waals surface area contributed by atoms with Crippen LogP contribution in [0.4, 0.5) is 5.69 Å². The fraction of sp³-hybridized carbons (Fsp3) is 0.556. The number of rotatable bonds is 3. The summed E-state index contributed by atoms with van der Waals surface area (Å²) < 4.78 is 0. The van der Waals surface area contributed by atoms with Crippen molar-refractivity contribution in [2.24, 2.45) is 23.5 Å². The van der Waals surface area contributed by atoms with E-state index in [2.05, 4.69) is 5.32 Å². The number of carbonyl (C=O) groups is 2. The lowest BCUT2D eigenvalue weighted by molar-refractivity contribution is -0.117. The van der Waals surface area contributed by atoms with Crippen LogP contribution >= 0.6 is 0 Å². The van der Waals surface area contributed by atoms with Gasteiger partial charge in [-0.25, -0.2) is 0 Å². The molecule has 0 bridgehead atoms. The minimum absolute atomic E-state index is 0.0756. The second-order valence-corrected chi connectivity index (χ2v) is 7.22. The van der Waals surface area contributed by atoms with Gasteiger partial charge in [0.2, 0.25) is 5.91 Å². The Labute approximate surface area is 136 Å². The lowest BCUT2D eigenvalue weighted by atomic mass is 9.98. The van der Waals surface area contributed by atoms with Gasteiger partial charge >= 0.3 is 0 Å². The number of likely N-dealkylation sites (tertiary alicyclic amines) is 1. The number of nitrogens with two attached hydrogens (primary N) is 1. The van der Waals surface area contributed by atoms with Crippen molar-refractivity contribution in [3.8, 4) is 0 Å². The number of nitrogens with one attached hydrogen (secondary N) is 1. The molecule has 3 atom stereocenters. The minimum atomic E-state index is 0.0756. The van der Waals surface area contributed by atoms with E-state index in [1.165, 1.54) is 0 Å². The van der Waals surface area contributed by atoms with E-state index in [1.54, 1.807) is 12.1 Å². The third-order valence-electron chi connectivity index (χ3n) is 5.55. The molecule has 3 unspecified atom stereocenters. The molecule has 0 spiro atoms. The van der Waals surface area contributed by atoms with Crippen LogP contribution in [0.5, 0.6) is 0 Å². The maximum atomic E-state index is 12.6. The maximum absolute atomic E-state index is 12.6. The van der Waals surface area contributed by atoms with Gasteiger partial charge in [0.25, 0.3) is 5.91 Å². The van der Waals surface area contributed by atoms with E-state index in [0.717, 1.165) is 44.5 Å². The molecule has 1 aliphatic heterocycles. The first-order valence-corrected chi connectivity index (χ1v) is 8.57. The predicted octanol–water partition coefficient (Wildman–Crippen LogP) is 1.84. The number of nitrogens with zero attached hydrogens (tertiary/aromatic N) is 1. The summed E-state index contributed by atoms with van der Waals surface area (Å²) in [6, 6.07) is 7.49. The Morgan fingerprint density at radius 3 is 2.43 bits per heavy atom. The van der Waals surface area contributed by atoms with Crippen molar-refractivity contribution in [3.63, 3.8) is 0 Å². The number of hydrogen-bond acceptors (Lipinski definition) is 3. The minimum Gasteiger partial charge on any atom is -0.338 e. The van der Waals surface area contributed by atoms with E-state index in [0.29, 0.717) is 17.4 Å². The average Bonchev–Trinajstić information content (AvgIpc) is 3.23. The number of hydrogen-bond donors (Lipinski definition) is 2. The van der Waals surface area contributed by atoms with Gasteiger partial charge in [0, 0.05) is 36.3 Å². The molecule has 1 heterocycles. The van der Waals surface area contributed by atoms with Gasteiger partial charge in [-0.2, -0.15) is 0 Å². The smallest absolute Gasteiger partial charge is 0.253 e. The second kappa shape index (κ2) is 5.64. The molecule has 5 heteroatoms. The first-order valence-electron chi connectivity index (χ1n) is 8.57. The molecule has 1 aromatic rings. The molecule has 0 radical (unpaired) electrons. The molecular weight excluding hydrogens is 290 g/mol. The quantitative estimate of drug-likeness (QED) is 0.894. The number of fused-ring (bicyclic) bond motifs is 1. The Morgan fingerprint density at radius 1 is 1.04 bits per heavy atom. The van der Waals surface area contributed by atoms with Gasteiger partial charge < -0.3 is 16.0 Å². The zero-order valence-corrected chi connectivity index (χ0v) is 13.2. The topological polar surface area (TPSA) is 75.4 Å². The van der Waals surface area contributed by atoms with E-state index in [-0.39, 0.29) is 23.8 Å². The Kier molecular flexibility index (Phi) is 3.60. The summed E-state index contributed by atoms with van der Waals surface area (Å²) in [7, 11) is 0. The molecular formula is C18H23N3O2. The van der Waals surface area contributed by atoms with Crippen LogP contribution < -0.4 is 11.1 Å². The van der Waals surface area contributed by atoms with Gasteiger partial charge in [-0.05, 0) is 61.8 Å². The molecule has 0 aromatic heterocycles. The van der Waals surface area contributed by atoms with Gasteiger partial charge in [-0.1, -0.05) is 0 Å². The molecule has 1 saturated heterocycles. The summed E-state index contributed by atoms with van der Waals surface area (Å²) in [5.41, 5.74) is 7.58. The van der Waals surface area contributed by atoms with Crippen molar-refractivity contribution in [3.05, 3.63) is 29.8 Å². The van der Waals surface area contributed by atoms with Gasteiger partial charge in [-0.3, -0.25) is 9.59 Å². The van der Waals surface area contributed by atoms with Crippen LogP contribution in [0.3, 0.4) is 0 Å². The van der Waals surface area contributed by atoms with Crippen molar-refractivity contribution < 1.29 is 9.59 Å². The third kappa shape index (κ3) is 2.85.